The zero-order valence-corrected chi connectivity index (χ0v) is 14.6. The van der Waals surface area contributed by atoms with Crippen molar-refractivity contribution in [3.05, 3.63) is 82.7 Å². The first-order valence-corrected chi connectivity index (χ1v) is 8.29. The average molecular weight is 393 g/mol. The molecule has 0 fully saturated rings. The molecule has 0 saturated heterocycles. The molecule has 4 rings (SSSR count). The van der Waals surface area contributed by atoms with Crippen LogP contribution in [0.3, 0.4) is 0 Å². The number of nitrogens with zero attached hydrogens (tertiary/aromatic N) is 5. The molecule has 0 unspecified atom stereocenters. The summed E-state index contributed by atoms with van der Waals surface area (Å²) in [5, 5.41) is 11.7. The number of nitro groups is 1. The van der Waals surface area contributed by atoms with E-state index in [1.54, 1.807) is 24.3 Å². The van der Waals surface area contributed by atoms with E-state index in [4.69, 9.17) is 0 Å². The van der Waals surface area contributed by atoms with Crippen LogP contribution < -0.4 is 10.9 Å². The summed E-state index contributed by atoms with van der Waals surface area (Å²) >= 11 is 0. The molecule has 29 heavy (non-hydrogen) atoms. The highest BCUT2D eigenvalue weighted by Crippen LogP contribution is 2.29. The molecule has 0 radical (unpaired) electrons. The van der Waals surface area contributed by atoms with Gasteiger partial charge in [0.05, 0.1) is 21.5 Å². The Hall–Kier alpha value is -4.41. The van der Waals surface area contributed by atoms with E-state index in [0.717, 1.165) is 12.4 Å². The lowest BCUT2D eigenvalue weighted by molar-refractivity contribution is -0.384. The number of hydrazine groups is 1. The molecular weight excluding hydrogens is 381 g/mol. The minimum Gasteiger partial charge on any atom is -0.277 e. The van der Waals surface area contributed by atoms with Crippen molar-refractivity contribution >= 4 is 28.4 Å². The van der Waals surface area contributed by atoms with E-state index >= 15 is 0 Å². The Kier molecular flexibility index (Phi) is 4.53. The van der Waals surface area contributed by atoms with Crippen LogP contribution in [0.2, 0.25) is 0 Å². The second-order valence-electron chi connectivity index (χ2n) is 5.81. The predicted molar refractivity (Wildman–Crippen MR) is 101 cm³/mol. The number of fused-ring (bicyclic) bond motifs is 1. The molecule has 0 atom stereocenters. The lowest BCUT2D eigenvalue weighted by Crippen LogP contribution is -2.31. The number of hydrogen-bond acceptors (Lipinski definition) is 7. The molecule has 2 heterocycles. The summed E-state index contributed by atoms with van der Waals surface area (Å²) in [5.41, 5.74) is 5.12. The average Bonchev–Trinajstić information content (AvgIpc) is 3.16. The molecule has 2 aromatic carbocycles. The third kappa shape index (κ3) is 3.32. The highest BCUT2D eigenvalue weighted by Gasteiger charge is 2.26. The van der Waals surface area contributed by atoms with Crippen LogP contribution in [-0.2, 0) is 0 Å². The fraction of sp³-hybridized carbons (Fsp3) is 0. The number of benzene rings is 2. The Balaban J connectivity index is 1.70. The number of anilines is 1. The Labute approximate surface area is 162 Å². The van der Waals surface area contributed by atoms with E-state index in [1.165, 1.54) is 29.1 Å². The fourth-order valence-electron chi connectivity index (χ4n) is 2.76. The number of amides is 1. The minimum absolute atomic E-state index is 0.0404. The molecule has 2 aromatic heterocycles. The largest absolute Gasteiger partial charge is 0.355 e. The monoisotopic (exact) mass is 393 g/mol. The second kappa shape index (κ2) is 7.31. The Morgan fingerprint density at radius 1 is 1.07 bits per heavy atom. The standard InChI is InChI=1S/C18H12FN7O3/c19-12-6-2-1-5-11(12)18(27)24-23-16-15(26(28)29)17(21-9-20-16)25-10-22-13-7-3-4-8-14(13)25/h1-10H,(H,24,27)(H,20,21,23). The maximum Gasteiger partial charge on any atom is 0.355 e. The summed E-state index contributed by atoms with van der Waals surface area (Å²) in [6.07, 6.45) is 2.51. The van der Waals surface area contributed by atoms with Gasteiger partial charge in [-0.05, 0) is 24.3 Å². The predicted octanol–water partition coefficient (Wildman–Crippen LogP) is 2.62. The van der Waals surface area contributed by atoms with Gasteiger partial charge in [-0.2, -0.15) is 0 Å². The van der Waals surface area contributed by atoms with Crippen molar-refractivity contribution in [3.8, 4) is 5.82 Å². The maximum absolute atomic E-state index is 13.7. The Morgan fingerprint density at radius 2 is 1.83 bits per heavy atom. The summed E-state index contributed by atoms with van der Waals surface area (Å²) in [5.74, 6) is -1.84. The molecule has 1 amide bonds. The summed E-state index contributed by atoms with van der Waals surface area (Å²) in [6, 6.07) is 12.4. The first-order chi connectivity index (χ1) is 14.1. The summed E-state index contributed by atoms with van der Waals surface area (Å²) in [7, 11) is 0. The van der Waals surface area contributed by atoms with Crippen molar-refractivity contribution < 1.29 is 14.1 Å². The first-order valence-electron chi connectivity index (χ1n) is 8.29. The number of nitrogens with one attached hydrogen (secondary N) is 2. The topological polar surface area (TPSA) is 128 Å². The molecule has 10 nitrogen and oxygen atoms in total. The van der Waals surface area contributed by atoms with E-state index in [0.29, 0.717) is 11.0 Å². The molecule has 0 bridgehead atoms. The van der Waals surface area contributed by atoms with Gasteiger partial charge in [-0.15, -0.1) is 0 Å². The van der Waals surface area contributed by atoms with E-state index in [2.05, 4.69) is 25.8 Å². The summed E-state index contributed by atoms with van der Waals surface area (Å²) < 4.78 is 15.2. The molecule has 0 saturated carbocycles. The quantitative estimate of drug-likeness (QED) is 0.394. The number of aromatic nitrogens is 4. The van der Waals surface area contributed by atoms with E-state index in [9.17, 15) is 19.3 Å². The number of imidazole rings is 1. The molecule has 4 aromatic rings. The van der Waals surface area contributed by atoms with Gasteiger partial charge in [0.2, 0.25) is 11.6 Å². The highest BCUT2D eigenvalue weighted by molar-refractivity contribution is 5.95. The number of hydrogen-bond donors (Lipinski definition) is 2. The van der Waals surface area contributed by atoms with Crippen LogP contribution in [0, 0.1) is 15.9 Å². The minimum atomic E-state index is -0.814. The van der Waals surface area contributed by atoms with E-state index in [1.807, 2.05) is 0 Å². The molecule has 0 aliphatic heterocycles. The number of para-hydroxylation sites is 2. The normalized spacial score (nSPS) is 10.7. The number of rotatable bonds is 5. The molecule has 144 valence electrons. The summed E-state index contributed by atoms with van der Waals surface area (Å²) in [6.45, 7) is 0. The van der Waals surface area contributed by atoms with Crippen molar-refractivity contribution in [3.63, 3.8) is 0 Å². The molecule has 0 spiro atoms. The van der Waals surface area contributed by atoms with Gasteiger partial charge < -0.3 is 0 Å². The molecule has 0 aliphatic carbocycles. The smallest absolute Gasteiger partial charge is 0.277 e. The van der Waals surface area contributed by atoms with Crippen LogP contribution >= 0.6 is 0 Å². The molecular formula is C18H12FN7O3. The van der Waals surface area contributed by atoms with Gasteiger partial charge in [0.1, 0.15) is 18.5 Å². The van der Waals surface area contributed by atoms with E-state index in [-0.39, 0.29) is 17.2 Å². The maximum atomic E-state index is 13.7. The highest BCUT2D eigenvalue weighted by atomic mass is 19.1. The lowest BCUT2D eigenvalue weighted by atomic mass is 10.2. The molecule has 11 heteroatoms. The number of carbonyl (C=O) groups excluding carboxylic acids is 1. The SMILES string of the molecule is O=C(NNc1ncnc(-n2cnc3ccccc32)c1[N+](=O)[O-])c1ccccc1F. The van der Waals surface area contributed by atoms with Gasteiger partial charge >= 0.3 is 5.69 Å². The fourth-order valence-corrected chi connectivity index (χ4v) is 2.76. The first kappa shape index (κ1) is 18.0. The van der Waals surface area contributed by atoms with Crippen molar-refractivity contribution in [1.82, 2.24) is 24.9 Å². The molecule has 0 aliphatic rings. The van der Waals surface area contributed by atoms with Crippen molar-refractivity contribution in [1.29, 1.82) is 0 Å². The third-order valence-electron chi connectivity index (χ3n) is 4.08. The zero-order valence-electron chi connectivity index (χ0n) is 14.6. The van der Waals surface area contributed by atoms with Crippen LogP contribution in [0.4, 0.5) is 15.9 Å². The number of carbonyl (C=O) groups is 1. The van der Waals surface area contributed by atoms with Crippen molar-refractivity contribution in [2.75, 3.05) is 5.43 Å². The van der Waals surface area contributed by atoms with Gasteiger partial charge in [-0.1, -0.05) is 24.3 Å². The van der Waals surface area contributed by atoms with Crippen LogP contribution in [0.15, 0.2) is 61.2 Å². The van der Waals surface area contributed by atoms with Crippen LogP contribution in [0.1, 0.15) is 10.4 Å². The number of halogens is 1. The lowest BCUT2D eigenvalue weighted by Gasteiger charge is -2.10. The Morgan fingerprint density at radius 3 is 2.62 bits per heavy atom. The van der Waals surface area contributed by atoms with Crippen molar-refractivity contribution in [2.45, 2.75) is 0 Å². The Bertz CT molecular complexity index is 1240. The second-order valence-corrected chi connectivity index (χ2v) is 5.81. The van der Waals surface area contributed by atoms with Crippen LogP contribution in [0.5, 0.6) is 0 Å². The van der Waals surface area contributed by atoms with Crippen molar-refractivity contribution in [2.24, 2.45) is 0 Å². The van der Waals surface area contributed by atoms with Crippen LogP contribution in [0.25, 0.3) is 16.9 Å². The van der Waals surface area contributed by atoms with E-state index < -0.39 is 22.3 Å². The molecule has 2 N–H and O–H groups in total. The summed E-state index contributed by atoms with van der Waals surface area (Å²) in [4.78, 5) is 35.2. The van der Waals surface area contributed by atoms with Crippen LogP contribution in [-0.4, -0.2) is 30.3 Å². The van der Waals surface area contributed by atoms with Gasteiger partial charge in [-0.25, -0.2) is 19.3 Å². The van der Waals surface area contributed by atoms with Gasteiger partial charge in [0, 0.05) is 0 Å². The van der Waals surface area contributed by atoms with Gasteiger partial charge in [0.25, 0.3) is 5.91 Å². The zero-order chi connectivity index (χ0) is 20.4. The third-order valence-corrected chi connectivity index (χ3v) is 4.08. The van der Waals surface area contributed by atoms with Gasteiger partial charge in [0.15, 0.2) is 0 Å². The van der Waals surface area contributed by atoms with Gasteiger partial charge in [-0.3, -0.25) is 30.3 Å².